The van der Waals surface area contributed by atoms with E-state index in [0.29, 0.717) is 22.9 Å². The summed E-state index contributed by atoms with van der Waals surface area (Å²) >= 11 is 0. The number of hydrogen-bond donors (Lipinski definition) is 0. The number of nitrogens with zero attached hydrogens (tertiary/aromatic N) is 3. The molecule has 0 atom stereocenters. The largest absolute Gasteiger partial charge is 0.493 e. The van der Waals surface area contributed by atoms with E-state index < -0.39 is 11.5 Å². The molecular weight excluding hydrogens is 478 g/mol. The maximum Gasteiger partial charge on any atom is 0.337 e. The van der Waals surface area contributed by atoms with Gasteiger partial charge in [-0.1, -0.05) is 91.0 Å². The van der Waals surface area contributed by atoms with Crippen LogP contribution in [-0.4, -0.2) is 35.0 Å². The highest BCUT2D eigenvalue weighted by Crippen LogP contribution is 2.41. The third-order valence-corrected chi connectivity index (χ3v) is 6.50. The number of esters is 1. The van der Waals surface area contributed by atoms with Crippen molar-refractivity contribution < 1.29 is 19.0 Å². The minimum Gasteiger partial charge on any atom is -0.493 e. The summed E-state index contributed by atoms with van der Waals surface area (Å²) in [6.45, 7) is 0.0786. The average Bonchev–Trinajstić information content (AvgIpc) is 3.46. The zero-order valence-corrected chi connectivity index (χ0v) is 21.2. The zero-order chi connectivity index (χ0) is 26.4. The first-order valence-electron chi connectivity index (χ1n) is 12.1. The Morgan fingerprint density at radius 2 is 1.32 bits per heavy atom. The van der Waals surface area contributed by atoms with Crippen molar-refractivity contribution in [2.45, 2.75) is 12.1 Å². The molecule has 7 nitrogen and oxygen atoms in total. The summed E-state index contributed by atoms with van der Waals surface area (Å²) in [5, 5.41) is 8.76. The predicted octanol–water partition coefficient (Wildman–Crippen LogP) is 5.49. The van der Waals surface area contributed by atoms with Crippen molar-refractivity contribution in [2.75, 3.05) is 14.2 Å². The van der Waals surface area contributed by atoms with Crippen LogP contribution >= 0.6 is 0 Å². The first-order chi connectivity index (χ1) is 18.7. The quantitative estimate of drug-likeness (QED) is 0.195. The number of methoxy groups -OCH3 is 2. The number of ether oxygens (including phenoxy) is 3. The van der Waals surface area contributed by atoms with E-state index in [1.165, 1.54) is 7.11 Å². The van der Waals surface area contributed by atoms with Crippen molar-refractivity contribution in [3.63, 3.8) is 0 Å². The summed E-state index contributed by atoms with van der Waals surface area (Å²) in [7, 11) is 2.89. The first-order valence-corrected chi connectivity index (χ1v) is 12.1. The molecule has 0 aliphatic heterocycles. The van der Waals surface area contributed by atoms with Gasteiger partial charge in [0.2, 0.25) is 0 Å². The van der Waals surface area contributed by atoms with Gasteiger partial charge in [-0.3, -0.25) is 4.57 Å². The van der Waals surface area contributed by atoms with Gasteiger partial charge in [-0.25, -0.2) is 4.79 Å². The van der Waals surface area contributed by atoms with Crippen molar-refractivity contribution in [1.82, 2.24) is 14.8 Å². The van der Waals surface area contributed by atoms with Crippen LogP contribution in [0.3, 0.4) is 0 Å². The fourth-order valence-electron chi connectivity index (χ4n) is 4.77. The van der Waals surface area contributed by atoms with E-state index in [1.54, 1.807) is 31.6 Å². The van der Waals surface area contributed by atoms with E-state index in [0.717, 1.165) is 16.7 Å². The van der Waals surface area contributed by atoms with Gasteiger partial charge in [-0.05, 0) is 34.9 Å². The standard InChI is InChI=1S/C31H27N3O4/c1-36-27-19-18-23(30(35)37-2)20-28(27)38-21-29-33-32-22-34(29)31(24-12-6-3-7-13-24,25-14-8-4-9-15-25)26-16-10-5-11-17-26/h3-20,22H,21H2,1-2H3. The van der Waals surface area contributed by atoms with Crippen LogP contribution in [0.1, 0.15) is 32.9 Å². The number of benzene rings is 4. The van der Waals surface area contributed by atoms with E-state index >= 15 is 0 Å². The molecular formula is C31H27N3O4. The summed E-state index contributed by atoms with van der Waals surface area (Å²) in [6.07, 6.45) is 1.73. The van der Waals surface area contributed by atoms with Crippen molar-refractivity contribution in [3.05, 3.63) is 144 Å². The molecule has 0 spiro atoms. The highest BCUT2D eigenvalue weighted by atomic mass is 16.5. The van der Waals surface area contributed by atoms with E-state index in [4.69, 9.17) is 14.2 Å². The Balaban J connectivity index is 1.65. The van der Waals surface area contributed by atoms with Gasteiger partial charge in [0.15, 0.2) is 17.3 Å². The highest BCUT2D eigenvalue weighted by Gasteiger charge is 2.40. The van der Waals surface area contributed by atoms with Gasteiger partial charge in [0, 0.05) is 0 Å². The molecule has 5 aromatic rings. The molecule has 0 saturated carbocycles. The van der Waals surface area contributed by atoms with E-state index in [1.807, 2.05) is 59.2 Å². The minimum atomic E-state index is -0.774. The van der Waals surface area contributed by atoms with Crippen LogP contribution in [-0.2, 0) is 16.9 Å². The average molecular weight is 506 g/mol. The van der Waals surface area contributed by atoms with Crippen molar-refractivity contribution in [2.24, 2.45) is 0 Å². The van der Waals surface area contributed by atoms with Gasteiger partial charge < -0.3 is 14.2 Å². The van der Waals surface area contributed by atoms with Crippen molar-refractivity contribution in [3.8, 4) is 11.5 Å². The lowest BCUT2D eigenvalue weighted by molar-refractivity contribution is 0.0600. The molecule has 0 N–H and O–H groups in total. The monoisotopic (exact) mass is 505 g/mol. The number of carbonyl (C=O) groups excluding carboxylic acids is 1. The molecule has 0 radical (unpaired) electrons. The SMILES string of the molecule is COC(=O)c1ccc(OC)c(OCc2nncn2C(c2ccccc2)(c2ccccc2)c2ccccc2)c1. The molecule has 190 valence electrons. The molecule has 0 bridgehead atoms. The third kappa shape index (κ3) is 4.50. The summed E-state index contributed by atoms with van der Waals surface area (Å²) in [5.74, 6) is 1.02. The van der Waals surface area contributed by atoms with Crippen LogP contribution in [0.25, 0.3) is 0 Å². The predicted molar refractivity (Wildman–Crippen MR) is 143 cm³/mol. The van der Waals surface area contributed by atoms with E-state index in [-0.39, 0.29) is 6.61 Å². The normalized spacial score (nSPS) is 11.1. The number of rotatable bonds is 9. The van der Waals surface area contributed by atoms with Gasteiger partial charge in [-0.15, -0.1) is 10.2 Å². The molecule has 0 unspecified atom stereocenters. The summed E-state index contributed by atoms with van der Waals surface area (Å²) in [5.41, 5.74) is 2.72. The van der Waals surface area contributed by atoms with Crippen molar-refractivity contribution >= 4 is 5.97 Å². The molecule has 0 fully saturated rings. The van der Waals surface area contributed by atoms with Crippen LogP contribution in [0.15, 0.2) is 116 Å². The molecule has 4 aromatic carbocycles. The molecule has 0 amide bonds. The molecule has 0 aliphatic carbocycles. The lowest BCUT2D eigenvalue weighted by Gasteiger charge is -2.38. The Kier molecular flexibility index (Phi) is 7.17. The van der Waals surface area contributed by atoms with Crippen molar-refractivity contribution in [1.29, 1.82) is 0 Å². The molecule has 0 aliphatic rings. The second-order valence-corrected chi connectivity index (χ2v) is 8.57. The van der Waals surface area contributed by atoms with Crippen LogP contribution < -0.4 is 9.47 Å². The fraction of sp³-hybridized carbons (Fsp3) is 0.129. The Bertz CT molecular complexity index is 1410. The van der Waals surface area contributed by atoms with Gasteiger partial charge >= 0.3 is 5.97 Å². The number of aromatic nitrogens is 3. The summed E-state index contributed by atoms with van der Waals surface area (Å²) in [4.78, 5) is 12.1. The lowest BCUT2D eigenvalue weighted by Crippen LogP contribution is -2.38. The van der Waals surface area contributed by atoms with Crippen LogP contribution in [0.4, 0.5) is 0 Å². The van der Waals surface area contributed by atoms with Crippen LogP contribution in [0.2, 0.25) is 0 Å². The molecule has 5 rings (SSSR count). The molecule has 7 heteroatoms. The molecule has 1 heterocycles. The van der Waals surface area contributed by atoms with Crippen LogP contribution in [0.5, 0.6) is 11.5 Å². The first kappa shape index (κ1) is 24.8. The Morgan fingerprint density at radius 1 is 0.763 bits per heavy atom. The topological polar surface area (TPSA) is 75.5 Å². The molecule has 1 aromatic heterocycles. The zero-order valence-electron chi connectivity index (χ0n) is 21.2. The van der Waals surface area contributed by atoms with Gasteiger partial charge in [0.1, 0.15) is 18.5 Å². The minimum absolute atomic E-state index is 0.0786. The Hall–Kier alpha value is -4.91. The van der Waals surface area contributed by atoms with E-state index in [9.17, 15) is 4.79 Å². The second-order valence-electron chi connectivity index (χ2n) is 8.57. The van der Waals surface area contributed by atoms with Gasteiger partial charge in [-0.2, -0.15) is 0 Å². The number of carbonyl (C=O) groups is 1. The molecule has 0 saturated heterocycles. The Morgan fingerprint density at radius 3 is 1.82 bits per heavy atom. The smallest absolute Gasteiger partial charge is 0.337 e. The Labute approximate surface area is 221 Å². The molecule has 38 heavy (non-hydrogen) atoms. The summed E-state index contributed by atoms with van der Waals surface area (Å²) in [6, 6.07) is 35.7. The van der Waals surface area contributed by atoms with Crippen LogP contribution in [0, 0.1) is 0 Å². The highest BCUT2D eigenvalue weighted by molar-refractivity contribution is 5.90. The summed E-state index contributed by atoms with van der Waals surface area (Å²) < 4.78 is 18.6. The number of hydrogen-bond acceptors (Lipinski definition) is 6. The van der Waals surface area contributed by atoms with E-state index in [2.05, 4.69) is 46.6 Å². The lowest BCUT2D eigenvalue weighted by atomic mass is 9.76. The van der Waals surface area contributed by atoms with Gasteiger partial charge in [0.25, 0.3) is 0 Å². The maximum absolute atomic E-state index is 12.1. The fourth-order valence-corrected chi connectivity index (χ4v) is 4.77. The second kappa shape index (κ2) is 11.0. The van der Waals surface area contributed by atoms with Gasteiger partial charge in [0.05, 0.1) is 19.8 Å². The third-order valence-electron chi connectivity index (χ3n) is 6.50. The maximum atomic E-state index is 12.1.